The second-order valence-electron chi connectivity index (χ2n) is 7.69. The second-order valence-corrected chi connectivity index (χ2v) is 7.69. The van der Waals surface area contributed by atoms with Gasteiger partial charge in [0.1, 0.15) is 5.75 Å². The number of rotatable bonds is 8. The molecular formula is C25H31Cl2N3O. The van der Waals surface area contributed by atoms with Crippen LogP contribution in [0.3, 0.4) is 0 Å². The van der Waals surface area contributed by atoms with Crippen LogP contribution in [0, 0.1) is 0 Å². The number of hydrogen-bond donors (Lipinski definition) is 2. The number of aromatic nitrogens is 1. The molecule has 6 heteroatoms. The zero-order valence-electron chi connectivity index (χ0n) is 17.8. The molecule has 0 bridgehead atoms. The summed E-state index contributed by atoms with van der Waals surface area (Å²) in [6, 6.07) is 20.6. The van der Waals surface area contributed by atoms with Gasteiger partial charge in [-0.3, -0.25) is 0 Å². The molecule has 4 nitrogen and oxygen atoms in total. The zero-order valence-corrected chi connectivity index (χ0v) is 19.5. The SMILES string of the molecule is CCCCCCOc1ccc(Cn2c3cc(N)ccc3c3ccc(N)cc32)cc1.Cl.Cl. The lowest BCUT2D eigenvalue weighted by molar-refractivity contribution is 0.305. The van der Waals surface area contributed by atoms with E-state index in [4.69, 9.17) is 16.2 Å². The molecule has 0 unspecified atom stereocenters. The summed E-state index contributed by atoms with van der Waals surface area (Å²) in [4.78, 5) is 0. The number of hydrogen-bond acceptors (Lipinski definition) is 3. The van der Waals surface area contributed by atoms with Crippen molar-refractivity contribution in [2.24, 2.45) is 0 Å². The van der Waals surface area contributed by atoms with Gasteiger partial charge in [0.15, 0.2) is 0 Å². The van der Waals surface area contributed by atoms with Gasteiger partial charge in [-0.25, -0.2) is 0 Å². The molecule has 4 aromatic rings. The normalized spacial score (nSPS) is 10.6. The molecule has 0 aliphatic heterocycles. The highest BCUT2D eigenvalue weighted by atomic mass is 35.5. The monoisotopic (exact) mass is 459 g/mol. The minimum absolute atomic E-state index is 0. The van der Waals surface area contributed by atoms with Gasteiger partial charge in [0.25, 0.3) is 0 Å². The number of ether oxygens (including phenoxy) is 1. The van der Waals surface area contributed by atoms with Crippen molar-refractivity contribution < 1.29 is 4.74 Å². The van der Waals surface area contributed by atoms with E-state index in [1.54, 1.807) is 0 Å². The molecule has 31 heavy (non-hydrogen) atoms. The summed E-state index contributed by atoms with van der Waals surface area (Å²) in [5, 5.41) is 2.39. The highest BCUT2D eigenvalue weighted by Gasteiger charge is 2.12. The average Bonchev–Trinajstić information content (AvgIpc) is 3.01. The van der Waals surface area contributed by atoms with E-state index in [1.165, 1.54) is 35.6 Å². The van der Waals surface area contributed by atoms with Crippen molar-refractivity contribution >= 4 is 58.0 Å². The highest BCUT2D eigenvalue weighted by Crippen LogP contribution is 2.32. The Kier molecular flexibility index (Phi) is 8.90. The molecule has 0 saturated carbocycles. The molecule has 0 atom stereocenters. The Morgan fingerprint density at radius 3 is 1.87 bits per heavy atom. The third-order valence-electron chi connectivity index (χ3n) is 5.45. The molecular weight excluding hydrogens is 429 g/mol. The summed E-state index contributed by atoms with van der Waals surface area (Å²) >= 11 is 0. The fraction of sp³-hybridized carbons (Fsp3) is 0.280. The van der Waals surface area contributed by atoms with E-state index in [2.05, 4.69) is 47.9 Å². The molecule has 0 aliphatic rings. The largest absolute Gasteiger partial charge is 0.494 e. The van der Waals surface area contributed by atoms with Crippen molar-refractivity contribution in [1.82, 2.24) is 4.57 Å². The van der Waals surface area contributed by atoms with E-state index in [1.807, 2.05) is 24.3 Å². The molecule has 0 saturated heterocycles. The number of fused-ring (bicyclic) bond motifs is 3. The Labute approximate surface area is 196 Å². The number of nitrogen functional groups attached to an aromatic ring is 2. The maximum atomic E-state index is 6.08. The van der Waals surface area contributed by atoms with Gasteiger partial charge in [-0.1, -0.05) is 50.5 Å². The lowest BCUT2D eigenvalue weighted by atomic mass is 10.1. The highest BCUT2D eigenvalue weighted by molar-refractivity contribution is 6.09. The van der Waals surface area contributed by atoms with Crippen molar-refractivity contribution in [1.29, 1.82) is 0 Å². The summed E-state index contributed by atoms with van der Waals surface area (Å²) < 4.78 is 8.16. The number of anilines is 2. The summed E-state index contributed by atoms with van der Waals surface area (Å²) in [6.45, 7) is 3.76. The number of benzene rings is 3. The molecule has 0 radical (unpaired) electrons. The van der Waals surface area contributed by atoms with E-state index in [-0.39, 0.29) is 24.8 Å². The molecule has 3 aromatic carbocycles. The van der Waals surface area contributed by atoms with Crippen LogP contribution in [0.4, 0.5) is 11.4 Å². The van der Waals surface area contributed by atoms with Gasteiger partial charge in [-0.2, -0.15) is 0 Å². The molecule has 4 N–H and O–H groups in total. The summed E-state index contributed by atoms with van der Waals surface area (Å²) in [5.41, 5.74) is 17.2. The van der Waals surface area contributed by atoms with Gasteiger partial charge in [-0.15, -0.1) is 24.8 Å². The Morgan fingerprint density at radius 2 is 1.32 bits per heavy atom. The number of unbranched alkanes of at least 4 members (excludes halogenated alkanes) is 3. The number of nitrogens with zero attached hydrogens (tertiary/aromatic N) is 1. The molecule has 0 fully saturated rings. The van der Waals surface area contributed by atoms with Crippen LogP contribution in [0.5, 0.6) is 5.75 Å². The summed E-state index contributed by atoms with van der Waals surface area (Å²) in [5.74, 6) is 0.931. The maximum Gasteiger partial charge on any atom is 0.119 e. The van der Waals surface area contributed by atoms with E-state index in [0.717, 1.165) is 47.7 Å². The first-order valence-corrected chi connectivity index (χ1v) is 10.4. The van der Waals surface area contributed by atoms with Crippen molar-refractivity contribution in [2.75, 3.05) is 18.1 Å². The van der Waals surface area contributed by atoms with Gasteiger partial charge < -0.3 is 20.8 Å². The first kappa shape index (κ1) is 24.7. The molecule has 1 aromatic heterocycles. The van der Waals surface area contributed by atoms with E-state index >= 15 is 0 Å². The van der Waals surface area contributed by atoms with Crippen LogP contribution >= 0.6 is 24.8 Å². The summed E-state index contributed by atoms with van der Waals surface area (Å²) in [7, 11) is 0. The fourth-order valence-corrected chi connectivity index (χ4v) is 3.89. The van der Waals surface area contributed by atoms with E-state index < -0.39 is 0 Å². The quantitative estimate of drug-likeness (QED) is 0.224. The van der Waals surface area contributed by atoms with Crippen molar-refractivity contribution in [3.05, 3.63) is 66.2 Å². The van der Waals surface area contributed by atoms with Crippen LogP contribution in [0.2, 0.25) is 0 Å². The van der Waals surface area contributed by atoms with Crippen LogP contribution in [0.1, 0.15) is 38.2 Å². The average molecular weight is 460 g/mol. The first-order valence-electron chi connectivity index (χ1n) is 10.4. The van der Waals surface area contributed by atoms with Crippen LogP contribution in [-0.4, -0.2) is 11.2 Å². The van der Waals surface area contributed by atoms with Gasteiger partial charge in [0, 0.05) is 28.7 Å². The predicted octanol–water partition coefficient (Wildman–Crippen LogP) is 6.81. The maximum absolute atomic E-state index is 6.08. The topological polar surface area (TPSA) is 66.2 Å². The molecule has 4 rings (SSSR count). The Bertz CT molecular complexity index is 1060. The number of nitrogens with two attached hydrogens (primary N) is 2. The fourth-order valence-electron chi connectivity index (χ4n) is 3.89. The Hall–Kier alpha value is -2.56. The molecule has 166 valence electrons. The predicted molar refractivity (Wildman–Crippen MR) is 138 cm³/mol. The lowest BCUT2D eigenvalue weighted by Gasteiger charge is -2.10. The minimum atomic E-state index is 0. The minimum Gasteiger partial charge on any atom is -0.494 e. The van der Waals surface area contributed by atoms with Gasteiger partial charge in [0.2, 0.25) is 0 Å². The Balaban J connectivity index is 0.00000171. The van der Waals surface area contributed by atoms with Crippen LogP contribution in [0.15, 0.2) is 60.7 Å². The van der Waals surface area contributed by atoms with Crippen LogP contribution in [0.25, 0.3) is 21.8 Å². The number of halogens is 2. The van der Waals surface area contributed by atoms with Crippen molar-refractivity contribution in [3.8, 4) is 5.75 Å². The Morgan fingerprint density at radius 1 is 0.742 bits per heavy atom. The van der Waals surface area contributed by atoms with E-state index in [9.17, 15) is 0 Å². The smallest absolute Gasteiger partial charge is 0.119 e. The van der Waals surface area contributed by atoms with Gasteiger partial charge >= 0.3 is 0 Å². The third kappa shape index (κ3) is 5.57. The molecule has 0 aliphatic carbocycles. The lowest BCUT2D eigenvalue weighted by Crippen LogP contribution is -2.01. The molecule has 1 heterocycles. The van der Waals surface area contributed by atoms with Crippen molar-refractivity contribution in [3.63, 3.8) is 0 Å². The van der Waals surface area contributed by atoms with E-state index in [0.29, 0.717) is 0 Å². The molecule has 0 spiro atoms. The third-order valence-corrected chi connectivity index (χ3v) is 5.45. The van der Waals surface area contributed by atoms with Gasteiger partial charge in [0.05, 0.1) is 17.6 Å². The van der Waals surface area contributed by atoms with Crippen LogP contribution in [-0.2, 0) is 6.54 Å². The first-order chi connectivity index (χ1) is 14.2. The van der Waals surface area contributed by atoms with Crippen molar-refractivity contribution in [2.45, 2.75) is 39.2 Å². The summed E-state index contributed by atoms with van der Waals surface area (Å²) in [6.07, 6.45) is 4.86. The standard InChI is InChI=1S/C25H29N3O.2ClH/c1-2-3-4-5-14-29-21-10-6-18(7-11-21)17-28-24-15-19(26)8-12-22(24)23-13-9-20(27)16-25(23)28;;/h6-13,15-16H,2-5,14,17,26-27H2,1H3;2*1H. The van der Waals surface area contributed by atoms with Crippen LogP contribution < -0.4 is 16.2 Å². The molecule has 0 amide bonds. The zero-order chi connectivity index (χ0) is 20.2. The van der Waals surface area contributed by atoms with Gasteiger partial charge in [-0.05, 0) is 48.4 Å². The second kappa shape index (κ2) is 11.2.